The second-order valence-electron chi connectivity index (χ2n) is 12.1. The number of hydrogen-bond acceptors (Lipinski definition) is 2. The molecule has 0 unspecified atom stereocenters. The van der Waals surface area contributed by atoms with E-state index in [1.54, 1.807) is 0 Å². The fraction of sp³-hybridized carbons (Fsp3) is 0. The molecule has 2 nitrogen and oxygen atoms in total. The molecule has 0 amide bonds. The molecule has 0 N–H and O–H groups in total. The highest BCUT2D eigenvalue weighted by molar-refractivity contribution is 6.29. The summed E-state index contributed by atoms with van der Waals surface area (Å²) in [5.74, 6) is 0.701. The van der Waals surface area contributed by atoms with Crippen LogP contribution in [-0.4, -0.2) is 9.97 Å². The Morgan fingerprint density at radius 1 is 0.312 bits per heavy atom. The molecule has 2 heteroatoms. The highest BCUT2D eigenvalue weighted by atomic mass is 14.9. The van der Waals surface area contributed by atoms with Gasteiger partial charge in [-0.1, -0.05) is 170 Å². The Labute approximate surface area is 279 Å². The zero-order valence-electron chi connectivity index (χ0n) is 26.2. The van der Waals surface area contributed by atoms with Gasteiger partial charge in [-0.2, -0.15) is 0 Å². The van der Waals surface area contributed by atoms with Crippen molar-refractivity contribution in [3.05, 3.63) is 182 Å². The largest absolute Gasteiger partial charge is 0.237 e. The van der Waals surface area contributed by atoms with Gasteiger partial charge in [0, 0.05) is 22.9 Å². The van der Waals surface area contributed by atoms with Crippen molar-refractivity contribution in [1.29, 1.82) is 0 Å². The summed E-state index contributed by atoms with van der Waals surface area (Å²) in [5.41, 5.74) is 9.93. The van der Waals surface area contributed by atoms with Crippen LogP contribution in [0.1, 0.15) is 0 Å². The van der Waals surface area contributed by atoms with Crippen LogP contribution < -0.4 is 0 Å². The number of rotatable bonds is 5. The van der Waals surface area contributed by atoms with Crippen LogP contribution in [0, 0.1) is 0 Å². The van der Waals surface area contributed by atoms with Crippen LogP contribution >= 0.6 is 0 Å². The van der Waals surface area contributed by atoms with E-state index < -0.39 is 0 Å². The summed E-state index contributed by atoms with van der Waals surface area (Å²) in [6.07, 6.45) is 1.88. The van der Waals surface area contributed by atoms with E-state index in [9.17, 15) is 0 Å². The van der Waals surface area contributed by atoms with Gasteiger partial charge in [-0.3, -0.25) is 0 Å². The molecule has 0 aliphatic rings. The maximum Gasteiger partial charge on any atom is 0.160 e. The Kier molecular flexibility index (Phi) is 6.84. The fourth-order valence-electron chi connectivity index (χ4n) is 7.26. The van der Waals surface area contributed by atoms with Crippen molar-refractivity contribution >= 4 is 32.3 Å². The smallest absolute Gasteiger partial charge is 0.160 e. The molecule has 48 heavy (non-hydrogen) atoms. The van der Waals surface area contributed by atoms with Gasteiger partial charge in [-0.25, -0.2) is 9.97 Å². The van der Waals surface area contributed by atoms with Gasteiger partial charge in [0.2, 0.25) is 0 Å². The second-order valence-corrected chi connectivity index (χ2v) is 12.1. The molecule has 0 aliphatic carbocycles. The van der Waals surface area contributed by atoms with Crippen molar-refractivity contribution in [2.24, 2.45) is 0 Å². The van der Waals surface area contributed by atoms with Gasteiger partial charge < -0.3 is 0 Å². The molecule has 0 bridgehead atoms. The van der Waals surface area contributed by atoms with E-state index in [0.29, 0.717) is 5.82 Å². The summed E-state index contributed by atoms with van der Waals surface area (Å²) < 4.78 is 0. The Bertz CT molecular complexity index is 2560. The average molecular weight is 611 g/mol. The van der Waals surface area contributed by atoms with Crippen molar-refractivity contribution in [2.75, 3.05) is 0 Å². The lowest BCUT2D eigenvalue weighted by Crippen LogP contribution is -1.98. The van der Waals surface area contributed by atoms with E-state index in [1.165, 1.54) is 49.0 Å². The standard InChI is InChI=1S/C46H30N2/c1-3-15-31(16-4-1)33-19-7-8-20-34(33)39-26-14-28-42(46-47-30-29-43(48-46)32-17-5-2-6-18-32)45(39)41-27-13-25-40-37-22-10-9-21-35(37)36-23-11-12-24-38(36)44(40)41/h1-30H. The minimum atomic E-state index is 0.701. The number of fused-ring (bicyclic) bond motifs is 6. The molecule has 0 fully saturated rings. The molecule has 0 spiro atoms. The minimum Gasteiger partial charge on any atom is -0.237 e. The van der Waals surface area contributed by atoms with Gasteiger partial charge in [0.25, 0.3) is 0 Å². The van der Waals surface area contributed by atoms with Gasteiger partial charge in [0.05, 0.1) is 5.69 Å². The molecule has 224 valence electrons. The van der Waals surface area contributed by atoms with Crippen LogP contribution in [0.5, 0.6) is 0 Å². The molecule has 1 aromatic heterocycles. The Balaban J connectivity index is 1.42. The molecule has 8 aromatic carbocycles. The lowest BCUT2D eigenvalue weighted by atomic mass is 9.83. The van der Waals surface area contributed by atoms with E-state index >= 15 is 0 Å². The first-order valence-electron chi connectivity index (χ1n) is 16.3. The van der Waals surface area contributed by atoms with Crippen LogP contribution in [0.15, 0.2) is 182 Å². The van der Waals surface area contributed by atoms with E-state index in [1.807, 2.05) is 18.3 Å². The van der Waals surface area contributed by atoms with Crippen molar-refractivity contribution in [2.45, 2.75) is 0 Å². The normalized spacial score (nSPS) is 11.3. The predicted octanol–water partition coefficient (Wildman–Crippen LogP) is 12.3. The van der Waals surface area contributed by atoms with Crippen LogP contribution in [0.4, 0.5) is 0 Å². The maximum absolute atomic E-state index is 5.20. The molecular weight excluding hydrogens is 581 g/mol. The third-order valence-electron chi connectivity index (χ3n) is 9.37. The van der Waals surface area contributed by atoms with Crippen LogP contribution in [0.2, 0.25) is 0 Å². The molecule has 1 heterocycles. The molecule has 0 saturated heterocycles. The summed E-state index contributed by atoms with van der Waals surface area (Å²) in [6.45, 7) is 0. The van der Waals surface area contributed by atoms with Gasteiger partial charge in [0.1, 0.15) is 0 Å². The highest BCUT2D eigenvalue weighted by Crippen LogP contribution is 2.47. The third-order valence-corrected chi connectivity index (χ3v) is 9.37. The lowest BCUT2D eigenvalue weighted by Gasteiger charge is -2.21. The van der Waals surface area contributed by atoms with Crippen LogP contribution in [0.3, 0.4) is 0 Å². The summed E-state index contributed by atoms with van der Waals surface area (Å²) >= 11 is 0. The Hall–Kier alpha value is -6.38. The van der Waals surface area contributed by atoms with Crippen molar-refractivity contribution in [1.82, 2.24) is 9.97 Å². The summed E-state index contributed by atoms with van der Waals surface area (Å²) in [6, 6.07) is 62.6. The number of benzene rings is 8. The third kappa shape index (κ3) is 4.66. The van der Waals surface area contributed by atoms with Gasteiger partial charge in [0.15, 0.2) is 5.82 Å². The lowest BCUT2D eigenvalue weighted by molar-refractivity contribution is 1.18. The van der Waals surface area contributed by atoms with Crippen molar-refractivity contribution < 1.29 is 0 Å². The monoisotopic (exact) mass is 610 g/mol. The predicted molar refractivity (Wildman–Crippen MR) is 202 cm³/mol. The topological polar surface area (TPSA) is 25.8 Å². The Morgan fingerprint density at radius 2 is 0.792 bits per heavy atom. The van der Waals surface area contributed by atoms with E-state index in [0.717, 1.165) is 33.5 Å². The number of nitrogens with zero attached hydrogens (tertiary/aromatic N) is 2. The van der Waals surface area contributed by atoms with Gasteiger partial charge >= 0.3 is 0 Å². The molecule has 9 rings (SSSR count). The second kappa shape index (κ2) is 11.8. The summed E-state index contributed by atoms with van der Waals surface area (Å²) in [5, 5.41) is 7.46. The maximum atomic E-state index is 5.20. The average Bonchev–Trinajstić information content (AvgIpc) is 3.18. The zero-order chi connectivity index (χ0) is 31.9. The van der Waals surface area contributed by atoms with Gasteiger partial charge in [-0.05, 0) is 66.2 Å². The first-order valence-corrected chi connectivity index (χ1v) is 16.3. The molecule has 0 radical (unpaired) electrons. The van der Waals surface area contributed by atoms with Crippen LogP contribution in [0.25, 0.3) is 88.3 Å². The first-order chi connectivity index (χ1) is 23.8. The van der Waals surface area contributed by atoms with E-state index in [4.69, 9.17) is 9.97 Å². The van der Waals surface area contributed by atoms with Crippen molar-refractivity contribution in [3.63, 3.8) is 0 Å². The minimum absolute atomic E-state index is 0.701. The summed E-state index contributed by atoms with van der Waals surface area (Å²) in [7, 11) is 0. The van der Waals surface area contributed by atoms with Gasteiger partial charge in [-0.15, -0.1) is 0 Å². The highest BCUT2D eigenvalue weighted by Gasteiger charge is 2.22. The molecule has 0 atom stereocenters. The van der Waals surface area contributed by atoms with E-state index in [2.05, 4.69) is 164 Å². The first kappa shape index (κ1) is 27.9. The molecule has 0 aliphatic heterocycles. The Morgan fingerprint density at radius 3 is 1.50 bits per heavy atom. The SMILES string of the molecule is c1ccc(-c2ccnc(-c3cccc(-c4ccccc4-c4ccccc4)c3-c3cccc4c5ccccc5c5ccccc5c34)n2)cc1. The van der Waals surface area contributed by atoms with Crippen molar-refractivity contribution in [3.8, 4) is 56.0 Å². The van der Waals surface area contributed by atoms with E-state index in [-0.39, 0.29) is 0 Å². The number of aromatic nitrogens is 2. The van der Waals surface area contributed by atoms with Crippen LogP contribution in [-0.2, 0) is 0 Å². The number of hydrogen-bond donors (Lipinski definition) is 0. The zero-order valence-corrected chi connectivity index (χ0v) is 26.2. The molecular formula is C46H30N2. The molecule has 0 saturated carbocycles. The quantitative estimate of drug-likeness (QED) is 0.181. The fourth-order valence-corrected chi connectivity index (χ4v) is 7.26. The molecule has 9 aromatic rings. The summed E-state index contributed by atoms with van der Waals surface area (Å²) in [4.78, 5) is 10.1.